The van der Waals surface area contributed by atoms with Crippen LogP contribution < -0.4 is 5.32 Å². The largest absolute Gasteiger partial charge is 0.355 e. The molecule has 0 aliphatic heterocycles. The summed E-state index contributed by atoms with van der Waals surface area (Å²) in [6.45, 7) is 6.72. The Morgan fingerprint density at radius 3 is 2.52 bits per heavy atom. The van der Waals surface area contributed by atoms with Crippen molar-refractivity contribution in [2.75, 3.05) is 6.54 Å². The molecule has 0 aliphatic carbocycles. The number of benzene rings is 1. The van der Waals surface area contributed by atoms with Gasteiger partial charge in [0.15, 0.2) is 0 Å². The summed E-state index contributed by atoms with van der Waals surface area (Å²) in [5, 5.41) is 7.36. The summed E-state index contributed by atoms with van der Waals surface area (Å²) in [7, 11) is 1.90. The van der Waals surface area contributed by atoms with Gasteiger partial charge in [-0.1, -0.05) is 37.3 Å². The number of carbonyl (C=O) groups excluding carboxylic acids is 1. The molecule has 112 valence electrons. The van der Waals surface area contributed by atoms with Crippen molar-refractivity contribution in [1.29, 1.82) is 0 Å². The average Bonchev–Trinajstić information content (AvgIpc) is 2.72. The molecule has 1 atom stereocenters. The highest BCUT2D eigenvalue weighted by Gasteiger charge is 2.14. The Balaban J connectivity index is 1.91. The molecule has 0 bridgehead atoms. The lowest BCUT2D eigenvalue weighted by Gasteiger charge is -2.13. The maximum Gasteiger partial charge on any atom is 0.224 e. The van der Waals surface area contributed by atoms with E-state index in [1.165, 1.54) is 5.56 Å². The summed E-state index contributed by atoms with van der Waals surface area (Å²) < 4.78 is 1.82. The number of hydrogen-bond acceptors (Lipinski definition) is 2. The maximum absolute atomic E-state index is 12.1. The van der Waals surface area contributed by atoms with E-state index in [1.807, 2.05) is 43.8 Å². The summed E-state index contributed by atoms with van der Waals surface area (Å²) in [6.07, 6.45) is 0.396. The van der Waals surface area contributed by atoms with Crippen molar-refractivity contribution in [1.82, 2.24) is 15.1 Å². The molecule has 0 spiro atoms. The van der Waals surface area contributed by atoms with Crippen molar-refractivity contribution in [3.8, 4) is 0 Å². The van der Waals surface area contributed by atoms with E-state index in [4.69, 9.17) is 0 Å². The van der Waals surface area contributed by atoms with Gasteiger partial charge in [-0.2, -0.15) is 5.10 Å². The fourth-order valence-corrected chi connectivity index (χ4v) is 2.46. The molecule has 0 saturated carbocycles. The van der Waals surface area contributed by atoms with E-state index in [0.717, 1.165) is 17.0 Å². The number of nitrogens with zero attached hydrogens (tertiary/aromatic N) is 2. The van der Waals surface area contributed by atoms with Gasteiger partial charge < -0.3 is 5.32 Å². The third kappa shape index (κ3) is 3.72. The topological polar surface area (TPSA) is 46.9 Å². The molecule has 1 N–H and O–H groups in total. The van der Waals surface area contributed by atoms with Crippen LogP contribution in [0.25, 0.3) is 0 Å². The highest BCUT2D eigenvalue weighted by molar-refractivity contribution is 5.79. The predicted octanol–water partition coefficient (Wildman–Crippen LogP) is 2.50. The number of carbonyl (C=O) groups is 1. The highest BCUT2D eigenvalue weighted by Crippen LogP contribution is 2.14. The van der Waals surface area contributed by atoms with Crippen LogP contribution in [0.2, 0.25) is 0 Å². The first kappa shape index (κ1) is 15.3. The first-order chi connectivity index (χ1) is 9.99. The number of aryl methyl sites for hydroxylation is 2. The van der Waals surface area contributed by atoms with Crippen LogP contribution >= 0.6 is 0 Å². The molecule has 0 saturated heterocycles. The Bertz CT molecular complexity index is 616. The first-order valence-corrected chi connectivity index (χ1v) is 7.29. The van der Waals surface area contributed by atoms with E-state index < -0.39 is 0 Å². The average molecular weight is 285 g/mol. The number of aromatic nitrogens is 2. The molecule has 4 heteroatoms. The molecular weight excluding hydrogens is 262 g/mol. The zero-order valence-corrected chi connectivity index (χ0v) is 13.2. The fourth-order valence-electron chi connectivity index (χ4n) is 2.46. The molecule has 2 aromatic rings. The second-order valence-corrected chi connectivity index (χ2v) is 5.57. The molecule has 0 aliphatic rings. The van der Waals surface area contributed by atoms with Crippen LogP contribution in [0.5, 0.6) is 0 Å². The Morgan fingerprint density at radius 1 is 1.29 bits per heavy atom. The van der Waals surface area contributed by atoms with Gasteiger partial charge in [-0.15, -0.1) is 0 Å². The number of amides is 1. The molecule has 1 aromatic heterocycles. The first-order valence-electron chi connectivity index (χ1n) is 7.29. The van der Waals surface area contributed by atoms with Gasteiger partial charge in [-0.25, -0.2) is 0 Å². The monoisotopic (exact) mass is 285 g/mol. The highest BCUT2D eigenvalue weighted by atomic mass is 16.1. The lowest BCUT2D eigenvalue weighted by molar-refractivity contribution is -0.120. The van der Waals surface area contributed by atoms with Crippen LogP contribution in [0.1, 0.15) is 35.4 Å². The maximum atomic E-state index is 12.1. The van der Waals surface area contributed by atoms with Gasteiger partial charge in [-0.05, 0) is 25.3 Å². The van der Waals surface area contributed by atoms with Crippen LogP contribution in [0.4, 0.5) is 0 Å². The minimum Gasteiger partial charge on any atom is -0.355 e. The van der Waals surface area contributed by atoms with Crippen molar-refractivity contribution >= 4 is 5.91 Å². The number of hydrogen-bond donors (Lipinski definition) is 1. The summed E-state index contributed by atoms with van der Waals surface area (Å²) in [5.41, 5.74) is 4.26. The van der Waals surface area contributed by atoms with Crippen molar-refractivity contribution in [3.63, 3.8) is 0 Å². The Hall–Kier alpha value is -2.10. The second-order valence-electron chi connectivity index (χ2n) is 5.57. The normalized spacial score (nSPS) is 12.2. The number of rotatable bonds is 5. The van der Waals surface area contributed by atoms with E-state index >= 15 is 0 Å². The van der Waals surface area contributed by atoms with Crippen molar-refractivity contribution in [2.24, 2.45) is 7.05 Å². The summed E-state index contributed by atoms with van der Waals surface area (Å²) >= 11 is 0. The SMILES string of the molecule is Cc1nn(C)c(C)c1CC(=O)NCC(C)c1ccccc1. The van der Waals surface area contributed by atoms with Gasteiger partial charge in [0.25, 0.3) is 0 Å². The van der Waals surface area contributed by atoms with Crippen LogP contribution in [-0.2, 0) is 18.3 Å². The quantitative estimate of drug-likeness (QED) is 0.917. The molecule has 1 amide bonds. The smallest absolute Gasteiger partial charge is 0.224 e. The molecule has 2 rings (SSSR count). The van der Waals surface area contributed by atoms with E-state index in [2.05, 4.69) is 29.5 Å². The molecular formula is C17H23N3O. The summed E-state index contributed by atoms with van der Waals surface area (Å²) in [6, 6.07) is 10.2. The van der Waals surface area contributed by atoms with E-state index in [9.17, 15) is 4.79 Å². The van der Waals surface area contributed by atoms with Crippen LogP contribution in [-0.4, -0.2) is 22.2 Å². The molecule has 0 fully saturated rings. The zero-order valence-electron chi connectivity index (χ0n) is 13.2. The zero-order chi connectivity index (χ0) is 15.4. The third-order valence-corrected chi connectivity index (χ3v) is 3.97. The standard InChI is InChI=1S/C17H23N3O/c1-12(15-8-6-5-7-9-15)11-18-17(21)10-16-13(2)19-20(4)14(16)3/h5-9,12H,10-11H2,1-4H3,(H,18,21). The van der Waals surface area contributed by atoms with Crippen LogP contribution in [0.3, 0.4) is 0 Å². The fraction of sp³-hybridized carbons (Fsp3) is 0.412. The van der Waals surface area contributed by atoms with Crippen LogP contribution in [0.15, 0.2) is 30.3 Å². The Kier molecular flexibility index (Phi) is 4.78. The molecule has 1 heterocycles. The van der Waals surface area contributed by atoms with Crippen molar-refractivity contribution < 1.29 is 4.79 Å². The van der Waals surface area contributed by atoms with Crippen LogP contribution in [0, 0.1) is 13.8 Å². The lowest BCUT2D eigenvalue weighted by atomic mass is 10.0. The van der Waals surface area contributed by atoms with Gasteiger partial charge >= 0.3 is 0 Å². The molecule has 4 nitrogen and oxygen atoms in total. The predicted molar refractivity (Wildman–Crippen MR) is 84.3 cm³/mol. The Morgan fingerprint density at radius 2 is 1.95 bits per heavy atom. The minimum atomic E-state index is 0.0528. The van der Waals surface area contributed by atoms with Gasteiger partial charge in [-0.3, -0.25) is 9.48 Å². The van der Waals surface area contributed by atoms with E-state index in [1.54, 1.807) is 0 Å². The van der Waals surface area contributed by atoms with E-state index in [-0.39, 0.29) is 5.91 Å². The second kappa shape index (κ2) is 6.57. The molecule has 0 radical (unpaired) electrons. The molecule has 1 unspecified atom stereocenters. The Labute approximate surface area is 126 Å². The van der Waals surface area contributed by atoms with Crippen molar-refractivity contribution in [3.05, 3.63) is 52.8 Å². The molecule has 1 aromatic carbocycles. The minimum absolute atomic E-state index is 0.0528. The lowest BCUT2D eigenvalue weighted by Crippen LogP contribution is -2.29. The molecule has 21 heavy (non-hydrogen) atoms. The van der Waals surface area contributed by atoms with Gasteiger partial charge in [0.05, 0.1) is 12.1 Å². The van der Waals surface area contributed by atoms with Gasteiger partial charge in [0, 0.05) is 24.8 Å². The van der Waals surface area contributed by atoms with E-state index in [0.29, 0.717) is 18.9 Å². The third-order valence-electron chi connectivity index (χ3n) is 3.97. The van der Waals surface area contributed by atoms with Gasteiger partial charge in [0.1, 0.15) is 0 Å². The summed E-state index contributed by atoms with van der Waals surface area (Å²) in [4.78, 5) is 12.1. The number of nitrogens with one attached hydrogen (secondary N) is 1. The summed E-state index contributed by atoms with van der Waals surface area (Å²) in [5.74, 6) is 0.364. The van der Waals surface area contributed by atoms with Crippen molar-refractivity contribution in [2.45, 2.75) is 33.1 Å². The van der Waals surface area contributed by atoms with Gasteiger partial charge in [0.2, 0.25) is 5.91 Å².